The van der Waals surface area contributed by atoms with Gasteiger partial charge in [0.05, 0.1) is 28.7 Å². The molecule has 1 atom stereocenters. The van der Waals surface area contributed by atoms with Gasteiger partial charge in [-0.3, -0.25) is 18.8 Å². The molecule has 0 saturated carbocycles. The zero-order chi connectivity index (χ0) is 25.9. The van der Waals surface area contributed by atoms with Crippen LogP contribution in [0, 0.1) is 0 Å². The SMILES string of the molecule is C[C@@H](C(=O)Nc1ccc(S(=O)(=O)Nc2cccnc2)cc1)N(c1ccc2c(c1)OCCO2)S(C)(=O)=O. The molecule has 3 aromatic rings. The van der Waals surface area contributed by atoms with Crippen LogP contribution in [0.25, 0.3) is 0 Å². The lowest BCUT2D eigenvalue weighted by atomic mass is 10.2. The van der Waals surface area contributed by atoms with Gasteiger partial charge in [0.25, 0.3) is 10.0 Å². The summed E-state index contributed by atoms with van der Waals surface area (Å²) in [5.41, 5.74) is 0.846. The second-order valence-corrected chi connectivity index (χ2v) is 11.5. The molecule has 0 spiro atoms. The second-order valence-electron chi connectivity index (χ2n) is 7.92. The Kier molecular flexibility index (Phi) is 7.04. The van der Waals surface area contributed by atoms with E-state index in [1.807, 2.05) is 0 Å². The summed E-state index contributed by atoms with van der Waals surface area (Å²) >= 11 is 0. The number of hydrogen-bond acceptors (Lipinski definition) is 8. The highest BCUT2D eigenvalue weighted by atomic mass is 32.2. The third-order valence-electron chi connectivity index (χ3n) is 5.21. The number of anilines is 3. The van der Waals surface area contributed by atoms with Crippen molar-refractivity contribution in [2.45, 2.75) is 17.9 Å². The predicted octanol–water partition coefficient (Wildman–Crippen LogP) is 2.45. The molecule has 0 unspecified atom stereocenters. The Morgan fingerprint density at radius 1 is 0.972 bits per heavy atom. The molecule has 0 bridgehead atoms. The smallest absolute Gasteiger partial charge is 0.261 e. The maximum atomic E-state index is 13.0. The van der Waals surface area contributed by atoms with Crippen molar-refractivity contribution in [2.75, 3.05) is 33.8 Å². The lowest BCUT2D eigenvalue weighted by Gasteiger charge is -2.29. The predicted molar refractivity (Wildman–Crippen MR) is 134 cm³/mol. The Balaban J connectivity index is 1.50. The molecule has 36 heavy (non-hydrogen) atoms. The standard InChI is InChI=1S/C23H24N4O7S2/c1-16(27(35(2,29)30)19-7-10-21-22(14-19)34-13-12-33-21)23(28)25-17-5-8-20(9-6-17)36(31,32)26-18-4-3-11-24-15-18/h3-11,14-16,26H,12-13H2,1-2H3,(H,25,28)/t16-/m0/s1. The van der Waals surface area contributed by atoms with Gasteiger partial charge in [0.2, 0.25) is 15.9 Å². The minimum absolute atomic E-state index is 0.0218. The molecule has 2 N–H and O–H groups in total. The number of aromatic nitrogens is 1. The molecule has 0 fully saturated rings. The summed E-state index contributed by atoms with van der Waals surface area (Å²) in [7, 11) is -7.72. The van der Waals surface area contributed by atoms with E-state index in [-0.39, 0.29) is 10.6 Å². The van der Waals surface area contributed by atoms with Gasteiger partial charge in [-0.2, -0.15) is 0 Å². The van der Waals surface area contributed by atoms with Crippen LogP contribution in [0.2, 0.25) is 0 Å². The Hall–Kier alpha value is -3.84. The van der Waals surface area contributed by atoms with E-state index in [2.05, 4.69) is 15.0 Å². The van der Waals surface area contributed by atoms with Crippen LogP contribution in [0.4, 0.5) is 17.1 Å². The molecule has 1 aliphatic heterocycles. The van der Waals surface area contributed by atoms with Crippen molar-refractivity contribution in [3.63, 3.8) is 0 Å². The van der Waals surface area contributed by atoms with E-state index in [4.69, 9.17) is 9.47 Å². The summed E-state index contributed by atoms with van der Waals surface area (Å²) in [5, 5.41) is 2.63. The Morgan fingerprint density at radius 2 is 1.67 bits per heavy atom. The fourth-order valence-electron chi connectivity index (χ4n) is 3.58. The molecule has 4 rings (SSSR count). The summed E-state index contributed by atoms with van der Waals surface area (Å²) < 4.78 is 64.8. The Morgan fingerprint density at radius 3 is 2.31 bits per heavy atom. The van der Waals surface area contributed by atoms with Crippen LogP contribution in [0.1, 0.15) is 6.92 Å². The lowest BCUT2D eigenvalue weighted by molar-refractivity contribution is -0.116. The molecular formula is C23H24N4O7S2. The number of fused-ring (bicyclic) bond motifs is 1. The van der Waals surface area contributed by atoms with E-state index in [0.29, 0.717) is 36.1 Å². The number of ether oxygens (including phenoxy) is 2. The van der Waals surface area contributed by atoms with Crippen molar-refractivity contribution in [2.24, 2.45) is 0 Å². The highest BCUT2D eigenvalue weighted by Gasteiger charge is 2.30. The first-order chi connectivity index (χ1) is 17.0. The number of nitrogens with one attached hydrogen (secondary N) is 2. The van der Waals surface area contributed by atoms with E-state index in [0.717, 1.165) is 10.6 Å². The largest absolute Gasteiger partial charge is 0.486 e. The van der Waals surface area contributed by atoms with Crippen molar-refractivity contribution >= 4 is 43.0 Å². The number of amides is 1. The summed E-state index contributed by atoms with van der Waals surface area (Å²) in [6, 6.07) is 12.2. The topological polar surface area (TPSA) is 144 Å². The van der Waals surface area contributed by atoms with Crippen LogP contribution in [-0.2, 0) is 24.8 Å². The summed E-state index contributed by atoms with van der Waals surface area (Å²) in [5.74, 6) is 0.264. The van der Waals surface area contributed by atoms with Gasteiger partial charge in [0, 0.05) is 18.0 Å². The number of carbonyl (C=O) groups is 1. The first kappa shape index (κ1) is 25.3. The minimum atomic E-state index is -3.86. The first-order valence-electron chi connectivity index (χ1n) is 10.8. The van der Waals surface area contributed by atoms with Gasteiger partial charge in [-0.1, -0.05) is 0 Å². The average molecular weight is 533 g/mol. The highest BCUT2D eigenvalue weighted by molar-refractivity contribution is 7.92. The Labute approximate surface area is 209 Å². The number of benzene rings is 2. The maximum absolute atomic E-state index is 13.0. The number of carbonyl (C=O) groups excluding carboxylic acids is 1. The molecule has 190 valence electrons. The quantitative estimate of drug-likeness (QED) is 0.450. The van der Waals surface area contributed by atoms with Gasteiger partial charge < -0.3 is 14.8 Å². The number of rotatable bonds is 8. The monoisotopic (exact) mass is 532 g/mol. The maximum Gasteiger partial charge on any atom is 0.261 e. The van der Waals surface area contributed by atoms with E-state index in [1.165, 1.54) is 55.7 Å². The number of nitrogens with zero attached hydrogens (tertiary/aromatic N) is 2. The molecule has 2 aromatic carbocycles. The van der Waals surface area contributed by atoms with Crippen LogP contribution in [0.5, 0.6) is 11.5 Å². The lowest BCUT2D eigenvalue weighted by Crippen LogP contribution is -2.45. The van der Waals surface area contributed by atoms with Gasteiger partial charge in [-0.05, 0) is 55.5 Å². The minimum Gasteiger partial charge on any atom is -0.486 e. The van der Waals surface area contributed by atoms with Crippen molar-refractivity contribution in [3.05, 3.63) is 67.0 Å². The molecule has 2 heterocycles. The van der Waals surface area contributed by atoms with Crippen molar-refractivity contribution in [3.8, 4) is 11.5 Å². The van der Waals surface area contributed by atoms with E-state index in [9.17, 15) is 21.6 Å². The van der Waals surface area contributed by atoms with E-state index in [1.54, 1.807) is 18.2 Å². The summed E-state index contributed by atoms with van der Waals surface area (Å²) in [6.45, 7) is 2.17. The van der Waals surface area contributed by atoms with Gasteiger partial charge in [-0.15, -0.1) is 0 Å². The molecule has 0 radical (unpaired) electrons. The van der Waals surface area contributed by atoms with Crippen LogP contribution in [0.3, 0.4) is 0 Å². The zero-order valence-corrected chi connectivity index (χ0v) is 21.0. The molecule has 0 aliphatic carbocycles. The van der Waals surface area contributed by atoms with Crippen molar-refractivity contribution in [1.82, 2.24) is 4.98 Å². The van der Waals surface area contributed by atoms with Crippen LogP contribution < -0.4 is 23.8 Å². The van der Waals surface area contributed by atoms with E-state index < -0.39 is 32.0 Å². The fourth-order valence-corrected chi connectivity index (χ4v) is 5.79. The number of pyridine rings is 1. The van der Waals surface area contributed by atoms with Gasteiger partial charge in [-0.25, -0.2) is 16.8 Å². The normalized spacial score (nSPS) is 13.9. The molecule has 1 aromatic heterocycles. The molecule has 11 nitrogen and oxygen atoms in total. The summed E-state index contributed by atoms with van der Waals surface area (Å²) in [4.78, 5) is 16.8. The molecule has 1 aliphatic rings. The average Bonchev–Trinajstić information content (AvgIpc) is 2.84. The van der Waals surface area contributed by atoms with E-state index >= 15 is 0 Å². The number of hydrogen-bond donors (Lipinski definition) is 2. The second kappa shape index (κ2) is 10.0. The third kappa shape index (κ3) is 5.69. The highest BCUT2D eigenvalue weighted by Crippen LogP contribution is 2.35. The molecule has 1 amide bonds. The Bertz CT molecular complexity index is 1460. The van der Waals surface area contributed by atoms with Gasteiger partial charge >= 0.3 is 0 Å². The zero-order valence-electron chi connectivity index (χ0n) is 19.4. The molecular weight excluding hydrogens is 508 g/mol. The van der Waals surface area contributed by atoms with Crippen LogP contribution >= 0.6 is 0 Å². The van der Waals surface area contributed by atoms with Crippen LogP contribution in [-0.4, -0.2) is 53.2 Å². The van der Waals surface area contributed by atoms with Gasteiger partial charge in [0.15, 0.2) is 11.5 Å². The number of sulfonamides is 2. The first-order valence-corrected chi connectivity index (χ1v) is 14.1. The summed E-state index contributed by atoms with van der Waals surface area (Å²) in [6.07, 6.45) is 3.90. The molecule has 13 heteroatoms. The molecule has 0 saturated heterocycles. The third-order valence-corrected chi connectivity index (χ3v) is 7.85. The van der Waals surface area contributed by atoms with Crippen molar-refractivity contribution < 1.29 is 31.1 Å². The van der Waals surface area contributed by atoms with Crippen molar-refractivity contribution in [1.29, 1.82) is 0 Å². The van der Waals surface area contributed by atoms with Gasteiger partial charge in [0.1, 0.15) is 19.3 Å². The van der Waals surface area contributed by atoms with Crippen LogP contribution in [0.15, 0.2) is 71.9 Å². The fraction of sp³-hybridized carbons (Fsp3) is 0.217.